The molecule has 1 aliphatic heterocycles. The van der Waals surface area contributed by atoms with E-state index >= 15 is 0 Å². The van der Waals surface area contributed by atoms with Crippen molar-refractivity contribution in [1.29, 1.82) is 0 Å². The third-order valence-electron chi connectivity index (χ3n) is 3.02. The summed E-state index contributed by atoms with van der Waals surface area (Å²) in [4.78, 5) is 10.8. The Balaban J connectivity index is 2.42. The van der Waals surface area contributed by atoms with Gasteiger partial charge in [-0.25, -0.2) is 0 Å². The lowest BCUT2D eigenvalue weighted by Gasteiger charge is -2.36. The smallest absolute Gasteiger partial charge is 0.216 e. The summed E-state index contributed by atoms with van der Waals surface area (Å²) in [6.45, 7) is 6.25. The topological polar surface area (TPSA) is 38.3 Å². The summed E-state index contributed by atoms with van der Waals surface area (Å²) in [6, 6.07) is 0. The van der Waals surface area contributed by atoms with Crippen LogP contribution >= 0.6 is 0 Å². The molecule has 1 rings (SSSR count). The average molecular weight is 185 g/mol. The molecule has 0 bridgehead atoms. The summed E-state index contributed by atoms with van der Waals surface area (Å²) in [5, 5.41) is 2.91. The molecule has 0 spiro atoms. The Bertz CT molecular complexity index is 174. The van der Waals surface area contributed by atoms with E-state index in [0.29, 0.717) is 5.41 Å². The highest BCUT2D eigenvalue weighted by Gasteiger charge is 2.30. The number of hydrogen-bond acceptors (Lipinski definition) is 2. The number of ether oxygens (including phenoxy) is 1. The van der Waals surface area contributed by atoms with Crippen molar-refractivity contribution in [3.8, 4) is 0 Å². The maximum Gasteiger partial charge on any atom is 0.216 e. The van der Waals surface area contributed by atoms with Gasteiger partial charge < -0.3 is 10.1 Å². The molecule has 1 N–H and O–H groups in total. The van der Waals surface area contributed by atoms with Crippen LogP contribution < -0.4 is 5.32 Å². The van der Waals surface area contributed by atoms with E-state index in [4.69, 9.17) is 4.74 Å². The highest BCUT2D eigenvalue weighted by atomic mass is 16.5. The van der Waals surface area contributed by atoms with E-state index in [0.717, 1.165) is 39.0 Å². The lowest BCUT2D eigenvalue weighted by molar-refractivity contribution is -0.120. The Morgan fingerprint density at radius 1 is 1.46 bits per heavy atom. The SMILES string of the molecule is CCC1(CNC(C)=O)CCOCC1. The van der Waals surface area contributed by atoms with Gasteiger partial charge in [0.15, 0.2) is 0 Å². The lowest BCUT2D eigenvalue weighted by Crippen LogP contribution is -2.40. The van der Waals surface area contributed by atoms with Crippen LogP contribution in [0.5, 0.6) is 0 Å². The number of carbonyl (C=O) groups excluding carboxylic acids is 1. The Morgan fingerprint density at radius 3 is 2.54 bits per heavy atom. The molecule has 0 saturated carbocycles. The molecule has 1 aliphatic rings. The molecular weight excluding hydrogens is 166 g/mol. The van der Waals surface area contributed by atoms with Gasteiger partial charge in [-0.2, -0.15) is 0 Å². The first-order chi connectivity index (χ1) is 6.18. The Kier molecular flexibility index (Phi) is 3.72. The van der Waals surface area contributed by atoms with Crippen molar-refractivity contribution in [2.24, 2.45) is 5.41 Å². The summed E-state index contributed by atoms with van der Waals surface area (Å²) in [7, 11) is 0. The van der Waals surface area contributed by atoms with Gasteiger partial charge in [-0.05, 0) is 24.7 Å². The second-order valence-corrected chi connectivity index (χ2v) is 3.88. The van der Waals surface area contributed by atoms with E-state index in [2.05, 4.69) is 12.2 Å². The first-order valence-corrected chi connectivity index (χ1v) is 5.01. The number of amides is 1. The van der Waals surface area contributed by atoms with E-state index in [-0.39, 0.29) is 5.91 Å². The van der Waals surface area contributed by atoms with Gasteiger partial charge in [0, 0.05) is 26.7 Å². The summed E-state index contributed by atoms with van der Waals surface area (Å²) in [5.41, 5.74) is 0.296. The monoisotopic (exact) mass is 185 g/mol. The molecule has 3 heteroatoms. The summed E-state index contributed by atoms with van der Waals surface area (Å²) in [5.74, 6) is 0.0688. The molecular formula is C10H19NO2. The minimum atomic E-state index is 0.0688. The van der Waals surface area contributed by atoms with Gasteiger partial charge in [0.2, 0.25) is 5.91 Å². The number of nitrogens with one attached hydrogen (secondary N) is 1. The van der Waals surface area contributed by atoms with E-state index in [1.807, 2.05) is 0 Å². The van der Waals surface area contributed by atoms with Crippen LogP contribution in [-0.4, -0.2) is 25.7 Å². The summed E-state index contributed by atoms with van der Waals surface area (Å²) >= 11 is 0. The van der Waals surface area contributed by atoms with Crippen LogP contribution in [0.4, 0.5) is 0 Å². The number of rotatable bonds is 3. The second kappa shape index (κ2) is 4.61. The molecule has 0 radical (unpaired) electrons. The third-order valence-corrected chi connectivity index (χ3v) is 3.02. The third kappa shape index (κ3) is 2.99. The number of carbonyl (C=O) groups is 1. The zero-order valence-electron chi connectivity index (χ0n) is 8.56. The van der Waals surface area contributed by atoms with Crippen molar-refractivity contribution in [3.63, 3.8) is 0 Å². The molecule has 1 saturated heterocycles. The molecule has 0 aromatic rings. The maximum absolute atomic E-state index is 10.8. The van der Waals surface area contributed by atoms with Crippen LogP contribution in [0.2, 0.25) is 0 Å². The van der Waals surface area contributed by atoms with Crippen molar-refractivity contribution in [3.05, 3.63) is 0 Å². The first-order valence-electron chi connectivity index (χ1n) is 5.01. The summed E-state index contributed by atoms with van der Waals surface area (Å²) < 4.78 is 5.32. The van der Waals surface area contributed by atoms with Crippen molar-refractivity contribution in [2.45, 2.75) is 33.1 Å². The second-order valence-electron chi connectivity index (χ2n) is 3.88. The predicted molar refractivity (Wildman–Crippen MR) is 51.5 cm³/mol. The minimum Gasteiger partial charge on any atom is -0.381 e. The largest absolute Gasteiger partial charge is 0.381 e. The standard InChI is InChI=1S/C10H19NO2/c1-3-10(8-11-9(2)12)4-6-13-7-5-10/h3-8H2,1-2H3,(H,11,12). The van der Waals surface area contributed by atoms with Crippen LogP contribution in [0.25, 0.3) is 0 Å². The fraction of sp³-hybridized carbons (Fsp3) is 0.900. The highest BCUT2D eigenvalue weighted by molar-refractivity contribution is 5.72. The van der Waals surface area contributed by atoms with Gasteiger partial charge in [-0.3, -0.25) is 4.79 Å². The van der Waals surface area contributed by atoms with E-state index < -0.39 is 0 Å². The summed E-state index contributed by atoms with van der Waals surface area (Å²) in [6.07, 6.45) is 3.27. The van der Waals surface area contributed by atoms with Crippen LogP contribution in [0.3, 0.4) is 0 Å². The highest BCUT2D eigenvalue weighted by Crippen LogP contribution is 2.32. The fourth-order valence-electron chi connectivity index (χ4n) is 1.77. The average Bonchev–Trinajstić information content (AvgIpc) is 2.16. The molecule has 0 aromatic heterocycles. The normalized spacial score (nSPS) is 21.1. The van der Waals surface area contributed by atoms with Crippen molar-refractivity contribution >= 4 is 5.91 Å². The van der Waals surface area contributed by atoms with Crippen molar-refractivity contribution < 1.29 is 9.53 Å². The molecule has 1 amide bonds. The molecule has 1 heterocycles. The molecule has 0 aromatic carbocycles. The van der Waals surface area contributed by atoms with Crippen LogP contribution in [0.1, 0.15) is 33.1 Å². The minimum absolute atomic E-state index is 0.0688. The van der Waals surface area contributed by atoms with Gasteiger partial charge in [0.05, 0.1) is 0 Å². The van der Waals surface area contributed by atoms with Gasteiger partial charge in [-0.15, -0.1) is 0 Å². The Hall–Kier alpha value is -0.570. The van der Waals surface area contributed by atoms with E-state index in [9.17, 15) is 4.79 Å². The maximum atomic E-state index is 10.8. The molecule has 3 nitrogen and oxygen atoms in total. The van der Waals surface area contributed by atoms with Gasteiger partial charge in [0.25, 0.3) is 0 Å². The molecule has 0 aliphatic carbocycles. The zero-order valence-corrected chi connectivity index (χ0v) is 8.56. The van der Waals surface area contributed by atoms with Gasteiger partial charge in [0.1, 0.15) is 0 Å². The van der Waals surface area contributed by atoms with Crippen LogP contribution in [0, 0.1) is 5.41 Å². The van der Waals surface area contributed by atoms with Crippen molar-refractivity contribution in [1.82, 2.24) is 5.32 Å². The molecule has 0 unspecified atom stereocenters. The van der Waals surface area contributed by atoms with E-state index in [1.165, 1.54) is 0 Å². The fourth-order valence-corrected chi connectivity index (χ4v) is 1.77. The lowest BCUT2D eigenvalue weighted by atomic mass is 9.78. The predicted octanol–water partition coefficient (Wildman–Crippen LogP) is 1.33. The van der Waals surface area contributed by atoms with E-state index in [1.54, 1.807) is 6.92 Å². The van der Waals surface area contributed by atoms with Gasteiger partial charge in [-0.1, -0.05) is 6.92 Å². The molecule has 13 heavy (non-hydrogen) atoms. The molecule has 0 atom stereocenters. The van der Waals surface area contributed by atoms with Crippen LogP contribution in [0.15, 0.2) is 0 Å². The molecule has 1 fully saturated rings. The zero-order chi connectivity index (χ0) is 9.73. The Labute approximate surface area is 79.8 Å². The van der Waals surface area contributed by atoms with Crippen LogP contribution in [-0.2, 0) is 9.53 Å². The number of hydrogen-bond donors (Lipinski definition) is 1. The van der Waals surface area contributed by atoms with Gasteiger partial charge >= 0.3 is 0 Å². The van der Waals surface area contributed by atoms with Crippen molar-refractivity contribution in [2.75, 3.05) is 19.8 Å². The quantitative estimate of drug-likeness (QED) is 0.720. The Morgan fingerprint density at radius 2 is 2.08 bits per heavy atom. The first kappa shape index (κ1) is 10.5. The molecule has 76 valence electrons.